The Hall–Kier alpha value is -1.26. The molecule has 0 unspecified atom stereocenters. The van der Waals surface area contributed by atoms with E-state index in [1.54, 1.807) is 12.1 Å². The lowest BCUT2D eigenvalue weighted by Gasteiger charge is -2.08. The molecule has 0 bridgehead atoms. The highest BCUT2D eigenvalue weighted by atomic mass is 35.5. The molecule has 0 heterocycles. The standard InChI is InChI=1S/C18H19Cl3N2O/c19-15-6-5-13(17(21)11-15)7-10-23-18(24)8-9-22-12-14-3-1-2-4-16(14)20/h1-6,11,22H,7-10,12H2,(H,23,24). The molecule has 0 radical (unpaired) electrons. The molecular formula is C18H19Cl3N2O. The van der Waals surface area contributed by atoms with Gasteiger partial charge in [0.1, 0.15) is 0 Å². The molecule has 1 amide bonds. The van der Waals surface area contributed by atoms with Gasteiger partial charge in [0.05, 0.1) is 0 Å². The summed E-state index contributed by atoms with van der Waals surface area (Å²) in [4.78, 5) is 11.8. The van der Waals surface area contributed by atoms with Gasteiger partial charge in [-0.1, -0.05) is 59.1 Å². The molecule has 0 saturated heterocycles. The highest BCUT2D eigenvalue weighted by Crippen LogP contribution is 2.21. The second-order valence-electron chi connectivity index (χ2n) is 5.35. The van der Waals surface area contributed by atoms with Crippen molar-refractivity contribution in [3.63, 3.8) is 0 Å². The predicted octanol–water partition coefficient (Wildman–Crippen LogP) is 4.49. The Balaban J connectivity index is 1.62. The van der Waals surface area contributed by atoms with Gasteiger partial charge in [0.15, 0.2) is 0 Å². The molecule has 0 aromatic heterocycles. The third-order valence-corrected chi connectivity index (χ3v) is 4.49. The van der Waals surface area contributed by atoms with E-state index in [9.17, 15) is 4.79 Å². The van der Waals surface area contributed by atoms with Gasteiger partial charge in [0.25, 0.3) is 0 Å². The van der Waals surface area contributed by atoms with Gasteiger partial charge in [-0.3, -0.25) is 4.79 Å². The van der Waals surface area contributed by atoms with Crippen molar-refractivity contribution < 1.29 is 4.79 Å². The summed E-state index contributed by atoms with van der Waals surface area (Å²) in [5, 5.41) is 8.07. The minimum Gasteiger partial charge on any atom is -0.356 e. The van der Waals surface area contributed by atoms with Crippen LogP contribution in [0.4, 0.5) is 0 Å². The molecule has 0 saturated carbocycles. The lowest BCUT2D eigenvalue weighted by molar-refractivity contribution is -0.120. The third kappa shape index (κ3) is 6.33. The molecule has 2 aromatic carbocycles. The summed E-state index contributed by atoms with van der Waals surface area (Å²) >= 11 is 18.0. The SMILES string of the molecule is O=C(CCNCc1ccccc1Cl)NCCc1ccc(Cl)cc1Cl. The van der Waals surface area contributed by atoms with E-state index in [-0.39, 0.29) is 5.91 Å². The summed E-state index contributed by atoms with van der Waals surface area (Å²) in [5.74, 6) is 0.00624. The van der Waals surface area contributed by atoms with Crippen LogP contribution in [0.2, 0.25) is 15.1 Å². The van der Waals surface area contributed by atoms with Crippen molar-refractivity contribution in [1.29, 1.82) is 0 Å². The average molecular weight is 386 g/mol. The molecule has 6 heteroatoms. The first-order valence-electron chi connectivity index (χ1n) is 7.71. The number of rotatable bonds is 8. The zero-order valence-corrected chi connectivity index (χ0v) is 15.4. The van der Waals surface area contributed by atoms with Gasteiger partial charge in [0, 0.05) is 41.1 Å². The number of carbonyl (C=O) groups is 1. The van der Waals surface area contributed by atoms with Crippen LogP contribution < -0.4 is 10.6 Å². The van der Waals surface area contributed by atoms with Crippen molar-refractivity contribution in [1.82, 2.24) is 10.6 Å². The Morgan fingerprint density at radius 2 is 1.71 bits per heavy atom. The van der Waals surface area contributed by atoms with E-state index in [4.69, 9.17) is 34.8 Å². The third-order valence-electron chi connectivity index (χ3n) is 3.53. The Morgan fingerprint density at radius 1 is 0.917 bits per heavy atom. The van der Waals surface area contributed by atoms with Crippen LogP contribution in [0.25, 0.3) is 0 Å². The molecular weight excluding hydrogens is 367 g/mol. The highest BCUT2D eigenvalue weighted by Gasteiger charge is 2.04. The van der Waals surface area contributed by atoms with Crippen molar-refractivity contribution in [2.75, 3.05) is 13.1 Å². The molecule has 2 aromatic rings. The molecule has 2 N–H and O–H groups in total. The zero-order valence-electron chi connectivity index (χ0n) is 13.1. The van der Waals surface area contributed by atoms with E-state index in [1.165, 1.54) is 0 Å². The van der Waals surface area contributed by atoms with Crippen molar-refractivity contribution in [2.45, 2.75) is 19.4 Å². The summed E-state index contributed by atoms with van der Waals surface area (Å²) in [6, 6.07) is 13.0. The topological polar surface area (TPSA) is 41.1 Å². The van der Waals surface area contributed by atoms with Gasteiger partial charge < -0.3 is 10.6 Å². The van der Waals surface area contributed by atoms with Crippen LogP contribution in [-0.2, 0) is 17.8 Å². The molecule has 0 aliphatic heterocycles. The van der Waals surface area contributed by atoms with E-state index in [0.717, 1.165) is 16.1 Å². The minimum absolute atomic E-state index is 0.00624. The van der Waals surface area contributed by atoms with Gasteiger partial charge in [-0.2, -0.15) is 0 Å². The Kier molecular flexibility index (Phi) is 7.86. The van der Waals surface area contributed by atoms with Crippen molar-refractivity contribution in [3.8, 4) is 0 Å². The molecule has 0 spiro atoms. The maximum atomic E-state index is 11.8. The zero-order chi connectivity index (χ0) is 17.4. The van der Waals surface area contributed by atoms with Gasteiger partial charge in [-0.25, -0.2) is 0 Å². The summed E-state index contributed by atoms with van der Waals surface area (Å²) in [6.07, 6.45) is 1.09. The van der Waals surface area contributed by atoms with E-state index in [1.807, 2.05) is 30.3 Å². The molecule has 0 aliphatic carbocycles. The quantitative estimate of drug-likeness (QED) is 0.658. The number of amides is 1. The molecule has 0 aliphatic rings. The largest absolute Gasteiger partial charge is 0.356 e. The van der Waals surface area contributed by atoms with Crippen LogP contribution in [0.3, 0.4) is 0 Å². The predicted molar refractivity (Wildman–Crippen MR) is 101 cm³/mol. The maximum absolute atomic E-state index is 11.8. The van der Waals surface area contributed by atoms with E-state index >= 15 is 0 Å². The van der Waals surface area contributed by atoms with Crippen LogP contribution in [0.5, 0.6) is 0 Å². The molecule has 0 atom stereocenters. The fourth-order valence-electron chi connectivity index (χ4n) is 2.22. The Labute approximate surface area is 157 Å². The van der Waals surface area contributed by atoms with Gasteiger partial charge in [0.2, 0.25) is 5.91 Å². The number of nitrogens with one attached hydrogen (secondary N) is 2. The number of carbonyl (C=O) groups excluding carboxylic acids is 1. The molecule has 24 heavy (non-hydrogen) atoms. The Morgan fingerprint density at radius 3 is 2.46 bits per heavy atom. The number of hydrogen-bond donors (Lipinski definition) is 2. The van der Waals surface area contributed by atoms with E-state index < -0.39 is 0 Å². The molecule has 128 valence electrons. The van der Waals surface area contributed by atoms with Gasteiger partial charge in [-0.15, -0.1) is 0 Å². The summed E-state index contributed by atoms with van der Waals surface area (Å²) in [7, 11) is 0. The second-order valence-corrected chi connectivity index (χ2v) is 6.60. The Bertz CT molecular complexity index is 692. The number of halogens is 3. The summed E-state index contributed by atoms with van der Waals surface area (Å²) in [5.41, 5.74) is 2.00. The second kappa shape index (κ2) is 9.90. The van der Waals surface area contributed by atoms with Crippen LogP contribution in [-0.4, -0.2) is 19.0 Å². The summed E-state index contributed by atoms with van der Waals surface area (Å²) in [6.45, 7) is 1.79. The van der Waals surface area contributed by atoms with Crippen molar-refractivity contribution >= 4 is 40.7 Å². The van der Waals surface area contributed by atoms with E-state index in [2.05, 4.69) is 10.6 Å². The molecule has 3 nitrogen and oxygen atoms in total. The fourth-order valence-corrected chi connectivity index (χ4v) is 2.92. The lowest BCUT2D eigenvalue weighted by Crippen LogP contribution is -2.29. The van der Waals surface area contributed by atoms with E-state index in [0.29, 0.717) is 42.5 Å². The normalized spacial score (nSPS) is 10.6. The average Bonchev–Trinajstić information content (AvgIpc) is 2.55. The monoisotopic (exact) mass is 384 g/mol. The molecule has 2 rings (SSSR count). The van der Waals surface area contributed by atoms with Crippen molar-refractivity contribution in [2.24, 2.45) is 0 Å². The first kappa shape index (κ1) is 19.1. The maximum Gasteiger partial charge on any atom is 0.221 e. The number of benzene rings is 2. The van der Waals surface area contributed by atoms with Gasteiger partial charge in [-0.05, 0) is 35.7 Å². The first-order valence-corrected chi connectivity index (χ1v) is 8.84. The van der Waals surface area contributed by atoms with Crippen LogP contribution >= 0.6 is 34.8 Å². The number of hydrogen-bond acceptors (Lipinski definition) is 2. The fraction of sp³-hybridized carbons (Fsp3) is 0.278. The molecule has 0 fully saturated rings. The highest BCUT2D eigenvalue weighted by molar-refractivity contribution is 6.35. The lowest BCUT2D eigenvalue weighted by atomic mass is 10.1. The smallest absolute Gasteiger partial charge is 0.221 e. The first-order chi connectivity index (χ1) is 11.6. The summed E-state index contributed by atoms with van der Waals surface area (Å²) < 4.78 is 0. The van der Waals surface area contributed by atoms with Crippen LogP contribution in [0, 0.1) is 0 Å². The van der Waals surface area contributed by atoms with Gasteiger partial charge >= 0.3 is 0 Å². The minimum atomic E-state index is 0.00624. The van der Waals surface area contributed by atoms with Crippen molar-refractivity contribution in [3.05, 3.63) is 68.7 Å². The van der Waals surface area contributed by atoms with Crippen LogP contribution in [0.1, 0.15) is 17.5 Å². The van der Waals surface area contributed by atoms with Crippen LogP contribution in [0.15, 0.2) is 42.5 Å².